The van der Waals surface area contributed by atoms with E-state index in [1.54, 1.807) is 6.92 Å². The number of ether oxygens (including phenoxy) is 2. The number of hydrogen-bond donors (Lipinski definition) is 1. The van der Waals surface area contributed by atoms with E-state index in [9.17, 15) is 4.79 Å². The van der Waals surface area contributed by atoms with Crippen molar-refractivity contribution in [2.75, 3.05) is 25.1 Å². The van der Waals surface area contributed by atoms with E-state index in [2.05, 4.69) is 31.4 Å². The minimum absolute atomic E-state index is 0.142. The van der Waals surface area contributed by atoms with E-state index in [0.717, 1.165) is 34.8 Å². The second kappa shape index (κ2) is 7.23. The van der Waals surface area contributed by atoms with Crippen LogP contribution in [0.1, 0.15) is 30.3 Å². The summed E-state index contributed by atoms with van der Waals surface area (Å²) in [6.07, 6.45) is 1.98. The average Bonchev–Trinajstić information content (AvgIpc) is 2.56. The van der Waals surface area contributed by atoms with Gasteiger partial charge in [-0.3, -0.25) is 0 Å². The number of anilines is 1. The van der Waals surface area contributed by atoms with Crippen LogP contribution in [0.3, 0.4) is 0 Å². The number of carbonyl (C=O) groups excluding carboxylic acids is 1. The highest BCUT2D eigenvalue weighted by atomic mass is 79.9. The fourth-order valence-corrected chi connectivity index (χ4v) is 2.99. The smallest absolute Gasteiger partial charge is 0.361 e. The summed E-state index contributed by atoms with van der Waals surface area (Å²) in [6.45, 7) is 3.46. The van der Waals surface area contributed by atoms with Crippen LogP contribution < -0.4 is 5.32 Å². The van der Waals surface area contributed by atoms with E-state index < -0.39 is 5.97 Å². The minimum atomic E-state index is -0.471. The second-order valence-electron chi connectivity index (χ2n) is 5.36. The molecular formula is C16H18BrN3O3. The van der Waals surface area contributed by atoms with Crippen molar-refractivity contribution in [3.63, 3.8) is 0 Å². The first kappa shape index (κ1) is 16.1. The van der Waals surface area contributed by atoms with E-state index in [-0.39, 0.29) is 11.7 Å². The molecule has 1 saturated heterocycles. The van der Waals surface area contributed by atoms with Gasteiger partial charge in [-0.2, -0.15) is 0 Å². The van der Waals surface area contributed by atoms with Gasteiger partial charge in [-0.1, -0.05) is 15.9 Å². The number of nitrogens with one attached hydrogen (secondary N) is 1. The van der Waals surface area contributed by atoms with Gasteiger partial charge >= 0.3 is 5.97 Å². The van der Waals surface area contributed by atoms with E-state index in [0.29, 0.717) is 18.9 Å². The summed E-state index contributed by atoms with van der Waals surface area (Å²) in [5.74, 6) is -0.471. The molecule has 1 aromatic heterocycles. The van der Waals surface area contributed by atoms with E-state index in [1.165, 1.54) is 0 Å². The number of rotatable bonds is 4. The van der Waals surface area contributed by atoms with Gasteiger partial charge in [0.25, 0.3) is 0 Å². The Hall–Kier alpha value is -1.73. The number of hydrogen-bond acceptors (Lipinski definition) is 6. The molecule has 1 aliphatic rings. The van der Waals surface area contributed by atoms with Gasteiger partial charge in [0, 0.05) is 22.5 Å². The van der Waals surface area contributed by atoms with Gasteiger partial charge in [-0.15, -0.1) is 10.2 Å². The predicted octanol–water partition coefficient (Wildman–Crippen LogP) is 3.16. The van der Waals surface area contributed by atoms with Crippen molar-refractivity contribution in [3.05, 3.63) is 28.4 Å². The quantitative estimate of drug-likeness (QED) is 0.822. The zero-order chi connectivity index (χ0) is 16.2. The van der Waals surface area contributed by atoms with Crippen LogP contribution in [0, 0.1) is 0 Å². The summed E-state index contributed by atoms with van der Waals surface area (Å²) >= 11 is 3.47. The first-order chi connectivity index (χ1) is 11.2. The first-order valence-electron chi connectivity index (χ1n) is 7.66. The molecule has 1 unspecified atom stereocenters. The van der Waals surface area contributed by atoms with E-state index in [1.807, 2.05) is 18.2 Å². The number of halogens is 1. The summed E-state index contributed by atoms with van der Waals surface area (Å²) in [4.78, 5) is 12.2. The second-order valence-corrected chi connectivity index (χ2v) is 6.28. The van der Waals surface area contributed by atoms with Crippen LogP contribution in [0.4, 0.5) is 5.69 Å². The largest absolute Gasteiger partial charge is 0.461 e. The topological polar surface area (TPSA) is 73.3 Å². The molecule has 1 N–H and O–H groups in total. The molecule has 2 heterocycles. The Bertz CT molecular complexity index is 717. The molecule has 122 valence electrons. The van der Waals surface area contributed by atoms with Gasteiger partial charge in [0.05, 0.1) is 24.4 Å². The Morgan fingerprint density at radius 3 is 3.09 bits per heavy atom. The molecule has 0 spiro atoms. The van der Waals surface area contributed by atoms with Crippen LogP contribution in [-0.2, 0) is 9.47 Å². The number of benzene rings is 1. The Morgan fingerprint density at radius 1 is 1.48 bits per heavy atom. The van der Waals surface area contributed by atoms with Crippen LogP contribution in [0.5, 0.6) is 0 Å². The molecular weight excluding hydrogens is 362 g/mol. The third-order valence-electron chi connectivity index (χ3n) is 3.70. The monoisotopic (exact) mass is 379 g/mol. The predicted molar refractivity (Wildman–Crippen MR) is 90.7 cm³/mol. The Labute approximate surface area is 142 Å². The SMILES string of the molecule is CCOC(=O)c1nnc2ccc(Br)cc2c1NC1CCCOC1. The Balaban J connectivity index is 2.06. The summed E-state index contributed by atoms with van der Waals surface area (Å²) < 4.78 is 11.5. The molecule has 1 fully saturated rings. The van der Waals surface area contributed by atoms with Crippen LogP contribution in [0.25, 0.3) is 10.9 Å². The molecule has 7 heteroatoms. The number of nitrogens with zero attached hydrogens (tertiary/aromatic N) is 2. The number of fused-ring (bicyclic) bond motifs is 1. The summed E-state index contributed by atoms with van der Waals surface area (Å²) in [5.41, 5.74) is 1.59. The fraction of sp³-hybridized carbons (Fsp3) is 0.438. The molecule has 1 atom stereocenters. The molecule has 6 nitrogen and oxygen atoms in total. The third-order valence-corrected chi connectivity index (χ3v) is 4.19. The normalized spacial score (nSPS) is 17.9. The zero-order valence-corrected chi connectivity index (χ0v) is 14.4. The van der Waals surface area contributed by atoms with Crippen LogP contribution in [0.2, 0.25) is 0 Å². The van der Waals surface area contributed by atoms with Crippen molar-refractivity contribution < 1.29 is 14.3 Å². The van der Waals surface area contributed by atoms with Gasteiger partial charge in [-0.05, 0) is 38.0 Å². The lowest BCUT2D eigenvalue weighted by molar-refractivity contribution is 0.0519. The van der Waals surface area contributed by atoms with Crippen LogP contribution in [0.15, 0.2) is 22.7 Å². The van der Waals surface area contributed by atoms with Gasteiger partial charge in [0.1, 0.15) is 0 Å². The lowest BCUT2D eigenvalue weighted by Crippen LogP contribution is -2.31. The number of esters is 1. The standard InChI is InChI=1S/C16H18BrN3O3/c1-2-23-16(21)15-14(18-11-4-3-7-22-9-11)12-8-10(17)5-6-13(12)19-20-15/h5-6,8,11H,2-4,7,9H2,1H3,(H,18,19). The van der Waals surface area contributed by atoms with Crippen molar-refractivity contribution in [1.29, 1.82) is 0 Å². The average molecular weight is 380 g/mol. The van der Waals surface area contributed by atoms with E-state index in [4.69, 9.17) is 9.47 Å². The highest BCUT2D eigenvalue weighted by molar-refractivity contribution is 9.10. The van der Waals surface area contributed by atoms with E-state index >= 15 is 0 Å². The van der Waals surface area contributed by atoms with Crippen molar-refractivity contribution in [3.8, 4) is 0 Å². The molecule has 1 aliphatic heterocycles. The number of aromatic nitrogens is 2. The van der Waals surface area contributed by atoms with Crippen LogP contribution >= 0.6 is 15.9 Å². The van der Waals surface area contributed by atoms with Gasteiger partial charge in [0.2, 0.25) is 0 Å². The molecule has 23 heavy (non-hydrogen) atoms. The maximum Gasteiger partial charge on any atom is 0.361 e. The van der Waals surface area contributed by atoms with Crippen molar-refractivity contribution in [2.24, 2.45) is 0 Å². The van der Waals surface area contributed by atoms with Gasteiger partial charge in [0.15, 0.2) is 5.69 Å². The maximum atomic E-state index is 12.2. The van der Waals surface area contributed by atoms with Crippen LogP contribution in [-0.4, -0.2) is 42.0 Å². The molecule has 1 aromatic carbocycles. The molecule has 2 aromatic rings. The summed E-state index contributed by atoms with van der Waals surface area (Å²) in [6, 6.07) is 5.83. The fourth-order valence-electron chi connectivity index (χ4n) is 2.62. The molecule has 0 radical (unpaired) electrons. The lowest BCUT2D eigenvalue weighted by Gasteiger charge is -2.25. The van der Waals surface area contributed by atoms with Crippen molar-refractivity contribution in [2.45, 2.75) is 25.8 Å². The third kappa shape index (κ3) is 3.61. The van der Waals surface area contributed by atoms with Crippen molar-refractivity contribution in [1.82, 2.24) is 10.2 Å². The minimum Gasteiger partial charge on any atom is -0.461 e. The molecule has 0 saturated carbocycles. The van der Waals surface area contributed by atoms with Gasteiger partial charge < -0.3 is 14.8 Å². The number of carbonyl (C=O) groups is 1. The van der Waals surface area contributed by atoms with Crippen molar-refractivity contribution >= 4 is 38.5 Å². The summed E-state index contributed by atoms with van der Waals surface area (Å²) in [5, 5.41) is 12.5. The zero-order valence-electron chi connectivity index (χ0n) is 12.8. The highest BCUT2D eigenvalue weighted by Crippen LogP contribution is 2.29. The Morgan fingerprint density at radius 2 is 2.35 bits per heavy atom. The summed E-state index contributed by atoms with van der Waals surface area (Å²) in [7, 11) is 0. The van der Waals surface area contributed by atoms with Gasteiger partial charge in [-0.25, -0.2) is 4.79 Å². The molecule has 0 bridgehead atoms. The highest BCUT2D eigenvalue weighted by Gasteiger charge is 2.22. The molecule has 0 amide bonds. The maximum absolute atomic E-state index is 12.2. The lowest BCUT2D eigenvalue weighted by atomic mass is 10.1. The molecule has 3 rings (SSSR count). The Kier molecular flexibility index (Phi) is 5.07. The first-order valence-corrected chi connectivity index (χ1v) is 8.45. The molecule has 0 aliphatic carbocycles.